The largest absolute Gasteiger partial charge is 0.351 e. The summed E-state index contributed by atoms with van der Waals surface area (Å²) in [5.74, 6) is 0.683. The Labute approximate surface area is 205 Å². The number of carbonyl (C=O) groups is 2. The van der Waals surface area contributed by atoms with Crippen LogP contribution in [0.25, 0.3) is 0 Å². The summed E-state index contributed by atoms with van der Waals surface area (Å²) in [6.45, 7) is 10.8. The van der Waals surface area contributed by atoms with Gasteiger partial charge in [0.2, 0.25) is 5.91 Å². The second kappa shape index (κ2) is 12.2. The summed E-state index contributed by atoms with van der Waals surface area (Å²) in [6.07, 6.45) is 1.76. The van der Waals surface area contributed by atoms with E-state index in [2.05, 4.69) is 27.4 Å². The molecule has 7 nitrogen and oxygen atoms in total. The molecule has 2 amide bonds. The highest BCUT2D eigenvalue weighted by molar-refractivity contribution is 7.99. The molecule has 0 fully saturated rings. The summed E-state index contributed by atoms with van der Waals surface area (Å²) < 4.78 is 1.91. The Morgan fingerprint density at radius 2 is 1.88 bits per heavy atom. The Morgan fingerprint density at radius 1 is 1.12 bits per heavy atom. The molecule has 0 aliphatic heterocycles. The lowest BCUT2D eigenvalue weighted by atomic mass is 10.0. The van der Waals surface area contributed by atoms with Gasteiger partial charge in [-0.2, -0.15) is 0 Å². The number of hydrogen-bond acceptors (Lipinski definition) is 5. The first kappa shape index (κ1) is 25.2. The topological polar surface area (TPSA) is 88.9 Å². The van der Waals surface area contributed by atoms with E-state index in [4.69, 9.17) is 0 Å². The van der Waals surface area contributed by atoms with Crippen LogP contribution in [0.3, 0.4) is 0 Å². The molecule has 1 atom stereocenters. The lowest BCUT2D eigenvalue weighted by Crippen LogP contribution is -2.34. The number of thioether (sulfide) groups is 1. The fraction of sp³-hybridized carbons (Fsp3) is 0.308. The number of allylic oxidation sites excluding steroid dienone is 1. The normalized spacial score (nSPS) is 11.8. The Kier molecular flexibility index (Phi) is 9.04. The van der Waals surface area contributed by atoms with E-state index in [1.807, 2.05) is 73.9 Å². The predicted molar refractivity (Wildman–Crippen MR) is 135 cm³/mol. The smallest absolute Gasteiger partial charge is 0.251 e. The molecule has 2 aromatic carbocycles. The maximum absolute atomic E-state index is 12.9. The molecule has 0 saturated heterocycles. The average molecular weight is 478 g/mol. The van der Waals surface area contributed by atoms with E-state index >= 15 is 0 Å². The van der Waals surface area contributed by atoms with Gasteiger partial charge in [0.1, 0.15) is 0 Å². The molecule has 0 unspecified atom stereocenters. The van der Waals surface area contributed by atoms with Crippen molar-refractivity contribution >= 4 is 23.6 Å². The van der Waals surface area contributed by atoms with Gasteiger partial charge in [0.15, 0.2) is 11.0 Å². The molecule has 3 rings (SSSR count). The van der Waals surface area contributed by atoms with E-state index in [-0.39, 0.29) is 29.5 Å². The van der Waals surface area contributed by atoms with E-state index in [1.165, 1.54) is 11.8 Å². The summed E-state index contributed by atoms with van der Waals surface area (Å²) in [5, 5.41) is 15.4. The molecule has 0 radical (unpaired) electrons. The maximum atomic E-state index is 12.9. The third kappa shape index (κ3) is 6.81. The van der Waals surface area contributed by atoms with Gasteiger partial charge in [0.25, 0.3) is 5.91 Å². The molecular formula is C26H31N5O2S. The molecule has 0 bridgehead atoms. The fourth-order valence-electron chi connectivity index (χ4n) is 3.46. The van der Waals surface area contributed by atoms with Gasteiger partial charge in [-0.05, 0) is 30.5 Å². The first-order valence-electron chi connectivity index (χ1n) is 11.2. The van der Waals surface area contributed by atoms with Crippen LogP contribution in [-0.2, 0) is 17.9 Å². The number of rotatable bonds is 11. The lowest BCUT2D eigenvalue weighted by Gasteiger charge is -2.22. The SMILES string of the molecule is C=CCn1c(SCC(=O)NCc2ccccc2)nnc1[C@H](NC(=O)c1cccc(C)c1)C(C)C. The number of nitrogens with zero attached hydrogens (tertiary/aromatic N) is 3. The third-order valence-electron chi connectivity index (χ3n) is 5.23. The van der Waals surface area contributed by atoms with Gasteiger partial charge in [-0.1, -0.05) is 79.7 Å². The lowest BCUT2D eigenvalue weighted by molar-refractivity contribution is -0.118. The van der Waals surface area contributed by atoms with Gasteiger partial charge in [-0.3, -0.25) is 9.59 Å². The molecule has 0 aliphatic carbocycles. The zero-order valence-electron chi connectivity index (χ0n) is 19.8. The standard InChI is InChI=1S/C26H31N5O2S/c1-5-14-31-24(23(18(2)3)28-25(33)21-13-9-10-19(4)15-21)29-30-26(31)34-17-22(32)27-16-20-11-7-6-8-12-20/h5-13,15,18,23H,1,14,16-17H2,2-4H3,(H,27,32)(H,28,33)/t23-/m1/s1. The molecular weight excluding hydrogens is 446 g/mol. The zero-order valence-corrected chi connectivity index (χ0v) is 20.6. The average Bonchev–Trinajstić information content (AvgIpc) is 3.22. The minimum absolute atomic E-state index is 0.0774. The molecule has 178 valence electrons. The van der Waals surface area contributed by atoms with Crippen LogP contribution in [0.15, 0.2) is 72.4 Å². The molecule has 1 heterocycles. The van der Waals surface area contributed by atoms with Crippen LogP contribution < -0.4 is 10.6 Å². The van der Waals surface area contributed by atoms with Crippen LogP contribution in [0.5, 0.6) is 0 Å². The molecule has 8 heteroatoms. The number of carbonyl (C=O) groups excluding carboxylic acids is 2. The van der Waals surface area contributed by atoms with Crippen molar-refractivity contribution in [3.05, 3.63) is 89.8 Å². The summed E-state index contributed by atoms with van der Waals surface area (Å²) >= 11 is 1.31. The van der Waals surface area contributed by atoms with E-state index < -0.39 is 0 Å². The molecule has 34 heavy (non-hydrogen) atoms. The van der Waals surface area contributed by atoms with Crippen molar-refractivity contribution < 1.29 is 9.59 Å². The highest BCUT2D eigenvalue weighted by atomic mass is 32.2. The van der Waals surface area contributed by atoms with Crippen LogP contribution in [0, 0.1) is 12.8 Å². The van der Waals surface area contributed by atoms with Crippen molar-refractivity contribution in [3.8, 4) is 0 Å². The van der Waals surface area contributed by atoms with E-state index in [0.29, 0.717) is 29.6 Å². The van der Waals surface area contributed by atoms with Crippen molar-refractivity contribution in [2.24, 2.45) is 5.92 Å². The summed E-state index contributed by atoms with van der Waals surface area (Å²) in [6, 6.07) is 16.9. The van der Waals surface area contributed by atoms with E-state index in [1.54, 1.807) is 12.1 Å². The molecule has 3 aromatic rings. The van der Waals surface area contributed by atoms with Crippen LogP contribution in [0.1, 0.15) is 47.2 Å². The molecule has 1 aromatic heterocycles. The van der Waals surface area contributed by atoms with Gasteiger partial charge in [0, 0.05) is 18.7 Å². The third-order valence-corrected chi connectivity index (χ3v) is 6.20. The van der Waals surface area contributed by atoms with Crippen molar-refractivity contribution in [2.45, 2.75) is 45.1 Å². The Bertz CT molecular complexity index is 1130. The van der Waals surface area contributed by atoms with Gasteiger partial charge in [-0.15, -0.1) is 16.8 Å². The summed E-state index contributed by atoms with van der Waals surface area (Å²) in [7, 11) is 0. The first-order valence-corrected chi connectivity index (χ1v) is 12.2. The van der Waals surface area contributed by atoms with Gasteiger partial charge in [-0.25, -0.2) is 0 Å². The van der Waals surface area contributed by atoms with Gasteiger partial charge >= 0.3 is 0 Å². The van der Waals surface area contributed by atoms with Crippen molar-refractivity contribution in [3.63, 3.8) is 0 Å². The van der Waals surface area contributed by atoms with Crippen LogP contribution in [0.4, 0.5) is 0 Å². The number of benzene rings is 2. The number of amides is 2. The van der Waals surface area contributed by atoms with Crippen molar-refractivity contribution in [1.82, 2.24) is 25.4 Å². The second-order valence-electron chi connectivity index (χ2n) is 8.36. The Hall–Kier alpha value is -3.39. The number of aryl methyl sites for hydroxylation is 1. The van der Waals surface area contributed by atoms with Crippen molar-refractivity contribution in [2.75, 3.05) is 5.75 Å². The molecule has 0 spiro atoms. The molecule has 0 aliphatic rings. The summed E-state index contributed by atoms with van der Waals surface area (Å²) in [5.41, 5.74) is 2.67. The molecule has 0 saturated carbocycles. The molecule has 2 N–H and O–H groups in total. The first-order chi connectivity index (χ1) is 16.4. The van der Waals surface area contributed by atoms with Crippen LogP contribution in [0.2, 0.25) is 0 Å². The minimum atomic E-state index is -0.346. The fourth-order valence-corrected chi connectivity index (χ4v) is 4.24. The Balaban J connectivity index is 1.70. The van der Waals surface area contributed by atoms with E-state index in [0.717, 1.165) is 11.1 Å². The second-order valence-corrected chi connectivity index (χ2v) is 9.30. The van der Waals surface area contributed by atoms with E-state index in [9.17, 15) is 9.59 Å². The maximum Gasteiger partial charge on any atom is 0.251 e. The minimum Gasteiger partial charge on any atom is -0.351 e. The Morgan fingerprint density at radius 3 is 2.56 bits per heavy atom. The monoisotopic (exact) mass is 477 g/mol. The zero-order chi connectivity index (χ0) is 24.5. The van der Waals surface area contributed by atoms with Gasteiger partial charge < -0.3 is 15.2 Å². The number of nitrogens with one attached hydrogen (secondary N) is 2. The van der Waals surface area contributed by atoms with Crippen LogP contribution >= 0.6 is 11.8 Å². The highest BCUT2D eigenvalue weighted by Gasteiger charge is 2.26. The van der Waals surface area contributed by atoms with Crippen molar-refractivity contribution in [1.29, 1.82) is 0 Å². The highest BCUT2D eigenvalue weighted by Crippen LogP contribution is 2.25. The van der Waals surface area contributed by atoms with Gasteiger partial charge in [0.05, 0.1) is 11.8 Å². The number of hydrogen-bond donors (Lipinski definition) is 2. The number of aromatic nitrogens is 3. The quantitative estimate of drug-likeness (QED) is 0.317. The van der Waals surface area contributed by atoms with Crippen LogP contribution in [-0.4, -0.2) is 32.3 Å². The summed E-state index contributed by atoms with van der Waals surface area (Å²) in [4.78, 5) is 25.3. The predicted octanol–water partition coefficient (Wildman–Crippen LogP) is 4.31.